The molecule has 2 rings (SSSR count). The van der Waals surface area contributed by atoms with E-state index in [1.807, 2.05) is 19.1 Å². The summed E-state index contributed by atoms with van der Waals surface area (Å²) in [6, 6.07) is 8.45. The van der Waals surface area contributed by atoms with Crippen molar-refractivity contribution in [2.45, 2.75) is 13.3 Å². The Balaban J connectivity index is 1.82. The molecule has 0 atom stereocenters. The van der Waals surface area contributed by atoms with Crippen LogP contribution in [0.1, 0.15) is 22.8 Å². The van der Waals surface area contributed by atoms with Crippen LogP contribution in [0.2, 0.25) is 5.02 Å². The average Bonchev–Trinajstić information content (AvgIpc) is 2.67. The molecule has 0 fully saturated rings. The van der Waals surface area contributed by atoms with Crippen LogP contribution in [0.25, 0.3) is 0 Å². The van der Waals surface area contributed by atoms with Crippen LogP contribution >= 0.6 is 11.6 Å². The van der Waals surface area contributed by atoms with Crippen LogP contribution in [-0.2, 0) is 20.7 Å². The number of para-hydroxylation sites is 1. The van der Waals surface area contributed by atoms with Gasteiger partial charge in [0.05, 0.1) is 17.1 Å². The number of aryl methyl sites for hydroxylation is 1. The molecule has 2 aromatic rings. The number of benzene rings is 2. The van der Waals surface area contributed by atoms with Gasteiger partial charge in [-0.1, -0.05) is 36.7 Å². The predicted molar refractivity (Wildman–Crippen MR) is 99.1 cm³/mol. The molecule has 0 bridgehead atoms. The number of carbonyl (C=O) groups excluding carboxylic acids is 3. The molecule has 148 valence electrons. The number of hydrogen-bond donors (Lipinski definition) is 2. The Bertz CT molecular complexity index is 905. The molecule has 28 heavy (non-hydrogen) atoms. The van der Waals surface area contributed by atoms with Crippen LogP contribution in [0.5, 0.6) is 0 Å². The van der Waals surface area contributed by atoms with Crippen molar-refractivity contribution in [1.82, 2.24) is 5.32 Å². The molecule has 0 unspecified atom stereocenters. The molecule has 6 nitrogen and oxygen atoms in total. The van der Waals surface area contributed by atoms with E-state index in [4.69, 9.17) is 16.3 Å². The first-order chi connectivity index (χ1) is 13.3. The maximum absolute atomic E-state index is 13.2. The molecule has 0 aliphatic heterocycles. The third-order valence-corrected chi connectivity index (χ3v) is 4.00. The molecule has 0 spiro atoms. The van der Waals surface area contributed by atoms with Gasteiger partial charge in [0.1, 0.15) is 0 Å². The van der Waals surface area contributed by atoms with Gasteiger partial charge in [-0.15, -0.1) is 0 Å². The summed E-state index contributed by atoms with van der Waals surface area (Å²) in [5.74, 6) is -4.78. The maximum Gasteiger partial charge on any atom is 0.340 e. The van der Waals surface area contributed by atoms with E-state index in [2.05, 4.69) is 10.6 Å². The first-order valence-corrected chi connectivity index (χ1v) is 8.65. The number of amides is 2. The van der Waals surface area contributed by atoms with E-state index in [-0.39, 0.29) is 11.6 Å². The van der Waals surface area contributed by atoms with E-state index in [1.54, 1.807) is 12.1 Å². The molecular formula is C19H17ClF2N2O4. The van der Waals surface area contributed by atoms with Crippen molar-refractivity contribution in [2.75, 3.05) is 18.5 Å². The summed E-state index contributed by atoms with van der Waals surface area (Å²) >= 11 is 5.66. The fourth-order valence-electron chi connectivity index (χ4n) is 2.26. The molecule has 0 heterocycles. The summed E-state index contributed by atoms with van der Waals surface area (Å²) in [6.07, 6.45) is 0.727. The molecule has 2 N–H and O–H groups in total. The SMILES string of the molecule is CCc1ccccc1NC(=O)CNC(=O)COC(=O)c1cc(F)c(F)cc1Cl. The van der Waals surface area contributed by atoms with Crippen molar-refractivity contribution in [1.29, 1.82) is 0 Å². The highest BCUT2D eigenvalue weighted by Crippen LogP contribution is 2.20. The topological polar surface area (TPSA) is 84.5 Å². The summed E-state index contributed by atoms with van der Waals surface area (Å²) in [4.78, 5) is 35.5. The molecular weight excluding hydrogens is 394 g/mol. The monoisotopic (exact) mass is 410 g/mol. The van der Waals surface area contributed by atoms with E-state index >= 15 is 0 Å². The minimum absolute atomic E-state index is 0.333. The number of anilines is 1. The second-order valence-corrected chi connectivity index (χ2v) is 6.07. The Hall–Kier alpha value is -3.00. The van der Waals surface area contributed by atoms with Gasteiger partial charge < -0.3 is 15.4 Å². The van der Waals surface area contributed by atoms with Crippen LogP contribution in [0.15, 0.2) is 36.4 Å². The number of carbonyl (C=O) groups is 3. The molecule has 2 aromatic carbocycles. The molecule has 0 aromatic heterocycles. The summed E-state index contributed by atoms with van der Waals surface area (Å²) in [5, 5.41) is 4.61. The van der Waals surface area contributed by atoms with Crippen molar-refractivity contribution in [3.8, 4) is 0 Å². The summed E-state index contributed by atoms with van der Waals surface area (Å²) in [6.45, 7) is 0.897. The minimum Gasteiger partial charge on any atom is -0.452 e. The lowest BCUT2D eigenvalue weighted by Crippen LogP contribution is -2.35. The predicted octanol–water partition coefficient (Wildman–Crippen LogP) is 3.09. The van der Waals surface area contributed by atoms with Crippen molar-refractivity contribution in [2.24, 2.45) is 0 Å². The van der Waals surface area contributed by atoms with Crippen molar-refractivity contribution < 1.29 is 27.9 Å². The summed E-state index contributed by atoms with van der Waals surface area (Å²) in [5.41, 5.74) is 1.17. The van der Waals surface area contributed by atoms with Crippen LogP contribution in [0, 0.1) is 11.6 Å². The molecule has 0 saturated carbocycles. The lowest BCUT2D eigenvalue weighted by molar-refractivity contribution is -0.126. The van der Waals surface area contributed by atoms with Gasteiger partial charge in [0, 0.05) is 5.69 Å². The maximum atomic E-state index is 13.2. The minimum atomic E-state index is -1.27. The van der Waals surface area contributed by atoms with Crippen LogP contribution in [-0.4, -0.2) is 30.9 Å². The Morgan fingerprint density at radius 2 is 1.75 bits per heavy atom. The van der Waals surface area contributed by atoms with Crippen molar-refractivity contribution in [3.05, 3.63) is 64.2 Å². The zero-order chi connectivity index (χ0) is 20.7. The molecule has 0 aliphatic rings. The van der Waals surface area contributed by atoms with E-state index < -0.39 is 41.6 Å². The first kappa shape index (κ1) is 21.3. The fraction of sp³-hybridized carbons (Fsp3) is 0.211. The number of hydrogen-bond acceptors (Lipinski definition) is 4. The van der Waals surface area contributed by atoms with Crippen molar-refractivity contribution >= 4 is 35.1 Å². The van der Waals surface area contributed by atoms with Gasteiger partial charge in [0.15, 0.2) is 18.2 Å². The van der Waals surface area contributed by atoms with Gasteiger partial charge in [-0.3, -0.25) is 9.59 Å². The van der Waals surface area contributed by atoms with E-state index in [1.165, 1.54) is 0 Å². The Morgan fingerprint density at radius 3 is 2.46 bits per heavy atom. The molecule has 0 radical (unpaired) electrons. The highest BCUT2D eigenvalue weighted by Gasteiger charge is 2.17. The van der Waals surface area contributed by atoms with Crippen LogP contribution in [0.3, 0.4) is 0 Å². The number of ether oxygens (including phenoxy) is 1. The van der Waals surface area contributed by atoms with Crippen molar-refractivity contribution in [3.63, 3.8) is 0 Å². The second-order valence-electron chi connectivity index (χ2n) is 5.66. The van der Waals surface area contributed by atoms with Gasteiger partial charge in [-0.05, 0) is 30.2 Å². The second kappa shape index (κ2) is 9.80. The molecule has 2 amide bonds. The lowest BCUT2D eigenvalue weighted by Gasteiger charge is -2.10. The Morgan fingerprint density at radius 1 is 1.07 bits per heavy atom. The van der Waals surface area contributed by atoms with Gasteiger partial charge in [0.25, 0.3) is 5.91 Å². The molecule has 9 heteroatoms. The quantitative estimate of drug-likeness (QED) is 0.542. The third kappa shape index (κ3) is 5.75. The lowest BCUT2D eigenvalue weighted by atomic mass is 10.1. The number of esters is 1. The van der Waals surface area contributed by atoms with Gasteiger partial charge in [-0.25, -0.2) is 13.6 Å². The Labute approximate surface area is 164 Å². The highest BCUT2D eigenvalue weighted by atomic mass is 35.5. The average molecular weight is 411 g/mol. The molecule has 0 saturated heterocycles. The summed E-state index contributed by atoms with van der Waals surface area (Å²) < 4.78 is 30.9. The summed E-state index contributed by atoms with van der Waals surface area (Å²) in [7, 11) is 0. The number of nitrogens with one attached hydrogen (secondary N) is 2. The van der Waals surface area contributed by atoms with E-state index in [0.29, 0.717) is 17.8 Å². The van der Waals surface area contributed by atoms with Gasteiger partial charge in [-0.2, -0.15) is 0 Å². The first-order valence-electron chi connectivity index (χ1n) is 8.28. The smallest absolute Gasteiger partial charge is 0.340 e. The number of halogens is 3. The number of rotatable bonds is 7. The highest BCUT2D eigenvalue weighted by molar-refractivity contribution is 6.33. The third-order valence-electron chi connectivity index (χ3n) is 3.68. The zero-order valence-electron chi connectivity index (χ0n) is 14.9. The zero-order valence-corrected chi connectivity index (χ0v) is 15.6. The van der Waals surface area contributed by atoms with E-state index in [0.717, 1.165) is 12.0 Å². The van der Waals surface area contributed by atoms with E-state index in [9.17, 15) is 23.2 Å². The largest absolute Gasteiger partial charge is 0.452 e. The van der Waals surface area contributed by atoms with Gasteiger partial charge in [0.2, 0.25) is 5.91 Å². The van der Waals surface area contributed by atoms with Crippen LogP contribution in [0.4, 0.5) is 14.5 Å². The fourth-order valence-corrected chi connectivity index (χ4v) is 2.49. The standard InChI is InChI=1S/C19H17ClF2N2O4/c1-2-11-5-3-4-6-16(11)24-17(25)9-23-18(26)10-28-19(27)12-7-14(21)15(22)8-13(12)20/h3-8H,2,9-10H2,1H3,(H,23,26)(H,24,25). The normalized spacial score (nSPS) is 10.3. The van der Waals surface area contributed by atoms with Crippen LogP contribution < -0.4 is 10.6 Å². The van der Waals surface area contributed by atoms with Gasteiger partial charge >= 0.3 is 5.97 Å². The Kier molecular flexibility index (Phi) is 7.45. The molecule has 0 aliphatic carbocycles.